The minimum Gasteiger partial charge on any atom is -0.0620 e. The first kappa shape index (κ1) is 24.3. The number of hydrogen-bond acceptors (Lipinski definition) is 0. The van der Waals surface area contributed by atoms with Gasteiger partial charge in [-0.1, -0.05) is 73.5 Å². The third-order valence-corrected chi connectivity index (χ3v) is 7.08. The Morgan fingerprint density at radius 1 is 0.406 bits per heavy atom. The summed E-state index contributed by atoms with van der Waals surface area (Å²) in [6.45, 7) is 8.83. The molecule has 0 nitrogen and oxygen atoms in total. The van der Waals surface area contributed by atoms with Crippen LogP contribution in [0.15, 0.2) is 60.7 Å². The summed E-state index contributed by atoms with van der Waals surface area (Å²) >= 11 is 0. The highest BCUT2D eigenvalue weighted by atomic mass is 14.1. The van der Waals surface area contributed by atoms with Gasteiger partial charge in [0.15, 0.2) is 0 Å². The van der Waals surface area contributed by atoms with Crippen LogP contribution in [0.4, 0.5) is 0 Å². The second-order valence-corrected chi connectivity index (χ2v) is 9.73. The lowest BCUT2D eigenvalue weighted by atomic mass is 9.95. The molecule has 0 bridgehead atoms. The molecule has 0 heterocycles. The predicted molar refractivity (Wildman–Crippen MR) is 141 cm³/mol. The van der Waals surface area contributed by atoms with Crippen LogP contribution < -0.4 is 0 Å². The first-order chi connectivity index (χ1) is 15.5. The van der Waals surface area contributed by atoms with Crippen molar-refractivity contribution in [2.24, 2.45) is 0 Å². The average Bonchev–Trinajstić information content (AvgIpc) is 2.79. The van der Waals surface area contributed by atoms with Gasteiger partial charge in [-0.25, -0.2) is 0 Å². The molecule has 0 spiro atoms. The minimum atomic E-state index is 1.21. The SMILES string of the molecule is Cc1ccc(CCCCCc2ccccc2CCCCCc2ccc(C)c(C)c2)cc1C. The normalized spacial score (nSPS) is 11.1. The van der Waals surface area contributed by atoms with E-state index in [-0.39, 0.29) is 0 Å². The zero-order valence-corrected chi connectivity index (χ0v) is 20.8. The van der Waals surface area contributed by atoms with Gasteiger partial charge in [-0.3, -0.25) is 0 Å². The van der Waals surface area contributed by atoms with Crippen LogP contribution in [0, 0.1) is 27.7 Å². The lowest BCUT2D eigenvalue weighted by molar-refractivity contribution is 0.660. The summed E-state index contributed by atoms with van der Waals surface area (Å²) in [4.78, 5) is 0. The number of unbranched alkanes of at least 4 members (excludes halogenated alkanes) is 4. The lowest BCUT2D eigenvalue weighted by Crippen LogP contribution is -1.96. The van der Waals surface area contributed by atoms with Crippen LogP contribution in [0.5, 0.6) is 0 Å². The number of aryl methyl sites for hydroxylation is 8. The van der Waals surface area contributed by atoms with Gasteiger partial charge in [0.1, 0.15) is 0 Å². The summed E-state index contributed by atoms with van der Waals surface area (Å²) < 4.78 is 0. The molecule has 0 N–H and O–H groups in total. The monoisotopic (exact) mass is 426 g/mol. The van der Waals surface area contributed by atoms with Crippen molar-refractivity contribution < 1.29 is 0 Å². The van der Waals surface area contributed by atoms with E-state index in [1.54, 1.807) is 11.1 Å². The molecule has 0 aliphatic rings. The van der Waals surface area contributed by atoms with Crippen LogP contribution >= 0.6 is 0 Å². The van der Waals surface area contributed by atoms with Gasteiger partial charge in [0.05, 0.1) is 0 Å². The molecule has 0 unspecified atom stereocenters. The summed E-state index contributed by atoms with van der Waals surface area (Å²) in [5.74, 6) is 0. The maximum absolute atomic E-state index is 2.37. The van der Waals surface area contributed by atoms with E-state index in [0.29, 0.717) is 0 Å². The Morgan fingerprint density at radius 2 is 0.812 bits per heavy atom. The topological polar surface area (TPSA) is 0 Å². The Morgan fingerprint density at radius 3 is 1.22 bits per heavy atom. The smallest absolute Gasteiger partial charge is 0.0276 e. The first-order valence-corrected chi connectivity index (χ1v) is 12.7. The van der Waals surface area contributed by atoms with Gasteiger partial charge in [0, 0.05) is 0 Å². The minimum absolute atomic E-state index is 1.21. The van der Waals surface area contributed by atoms with Crippen LogP contribution in [0.25, 0.3) is 0 Å². The maximum Gasteiger partial charge on any atom is -0.0276 e. The molecule has 0 aromatic heterocycles. The van der Waals surface area contributed by atoms with E-state index in [9.17, 15) is 0 Å². The number of hydrogen-bond donors (Lipinski definition) is 0. The molecule has 0 saturated carbocycles. The van der Waals surface area contributed by atoms with E-state index in [1.807, 2.05) is 0 Å². The quantitative estimate of drug-likeness (QED) is 0.254. The molecular weight excluding hydrogens is 384 g/mol. The van der Waals surface area contributed by atoms with Gasteiger partial charge < -0.3 is 0 Å². The molecule has 0 amide bonds. The van der Waals surface area contributed by atoms with Crippen LogP contribution in [0.1, 0.15) is 83.0 Å². The van der Waals surface area contributed by atoms with Crippen molar-refractivity contribution in [3.8, 4) is 0 Å². The fourth-order valence-electron chi connectivity index (χ4n) is 4.61. The van der Waals surface area contributed by atoms with E-state index >= 15 is 0 Å². The summed E-state index contributed by atoms with van der Waals surface area (Å²) in [5, 5.41) is 0. The molecule has 0 fully saturated rings. The van der Waals surface area contributed by atoms with Crippen LogP contribution in [-0.4, -0.2) is 0 Å². The third kappa shape index (κ3) is 7.66. The highest BCUT2D eigenvalue weighted by Crippen LogP contribution is 2.18. The highest BCUT2D eigenvalue weighted by molar-refractivity contribution is 5.31. The maximum atomic E-state index is 2.37. The standard InChI is InChI=1S/C32H42/c1-25-19-21-29(23-27(25)3)13-7-5-9-15-31-17-11-12-18-32(31)16-10-6-8-14-30-22-20-26(2)28(4)24-30/h11-12,17-24H,5-10,13-16H2,1-4H3. The van der Waals surface area contributed by atoms with Crippen LogP contribution in [0.3, 0.4) is 0 Å². The van der Waals surface area contributed by atoms with Gasteiger partial charge in [-0.15, -0.1) is 0 Å². The summed E-state index contributed by atoms with van der Waals surface area (Å²) in [6.07, 6.45) is 12.7. The number of benzene rings is 3. The van der Waals surface area contributed by atoms with Crippen molar-refractivity contribution in [2.75, 3.05) is 0 Å². The average molecular weight is 427 g/mol. The van der Waals surface area contributed by atoms with Gasteiger partial charge in [0.2, 0.25) is 0 Å². The van der Waals surface area contributed by atoms with Crippen molar-refractivity contribution in [3.63, 3.8) is 0 Å². The fraction of sp³-hybridized carbons (Fsp3) is 0.438. The molecule has 32 heavy (non-hydrogen) atoms. The van der Waals surface area contributed by atoms with E-state index in [1.165, 1.54) is 97.6 Å². The Labute approximate surface area is 197 Å². The third-order valence-electron chi connectivity index (χ3n) is 7.08. The molecule has 0 atom stereocenters. The van der Waals surface area contributed by atoms with Gasteiger partial charge in [-0.05, 0) is 124 Å². The van der Waals surface area contributed by atoms with Gasteiger partial charge >= 0.3 is 0 Å². The van der Waals surface area contributed by atoms with E-state index < -0.39 is 0 Å². The molecule has 0 aliphatic heterocycles. The molecule has 3 aromatic rings. The molecule has 170 valence electrons. The summed E-state index contributed by atoms with van der Waals surface area (Å²) in [7, 11) is 0. The Bertz CT molecular complexity index is 899. The van der Waals surface area contributed by atoms with E-state index in [0.717, 1.165) is 0 Å². The van der Waals surface area contributed by atoms with Crippen molar-refractivity contribution in [1.29, 1.82) is 0 Å². The second-order valence-electron chi connectivity index (χ2n) is 9.73. The highest BCUT2D eigenvalue weighted by Gasteiger charge is 2.04. The van der Waals surface area contributed by atoms with Crippen LogP contribution in [0.2, 0.25) is 0 Å². The van der Waals surface area contributed by atoms with Crippen molar-refractivity contribution in [1.82, 2.24) is 0 Å². The van der Waals surface area contributed by atoms with E-state index in [4.69, 9.17) is 0 Å². The van der Waals surface area contributed by atoms with Crippen molar-refractivity contribution in [2.45, 2.75) is 91.9 Å². The van der Waals surface area contributed by atoms with E-state index in [2.05, 4.69) is 88.4 Å². The molecule has 0 saturated heterocycles. The molecule has 3 rings (SSSR count). The first-order valence-electron chi connectivity index (χ1n) is 12.7. The van der Waals surface area contributed by atoms with Gasteiger partial charge in [-0.2, -0.15) is 0 Å². The fourth-order valence-corrected chi connectivity index (χ4v) is 4.61. The van der Waals surface area contributed by atoms with Crippen LogP contribution in [-0.2, 0) is 25.7 Å². The zero-order valence-electron chi connectivity index (χ0n) is 20.8. The summed E-state index contributed by atoms with van der Waals surface area (Å²) in [6, 6.07) is 23.0. The molecule has 0 aliphatic carbocycles. The van der Waals surface area contributed by atoms with Crippen molar-refractivity contribution in [3.05, 3.63) is 105 Å². The number of rotatable bonds is 12. The van der Waals surface area contributed by atoms with Crippen molar-refractivity contribution >= 4 is 0 Å². The zero-order chi connectivity index (χ0) is 22.8. The molecule has 3 aromatic carbocycles. The second kappa shape index (κ2) is 12.6. The lowest BCUT2D eigenvalue weighted by Gasteiger charge is -2.10. The predicted octanol–water partition coefficient (Wildman–Crippen LogP) is 8.83. The molecular formula is C32H42. The Balaban J connectivity index is 1.35. The molecule has 0 radical (unpaired) electrons. The molecule has 0 heteroatoms. The summed E-state index contributed by atoms with van der Waals surface area (Å²) in [5.41, 5.74) is 11.8. The van der Waals surface area contributed by atoms with Gasteiger partial charge in [0.25, 0.3) is 0 Å². The Kier molecular flexibility index (Phi) is 9.60. The largest absolute Gasteiger partial charge is 0.0620 e. The Hall–Kier alpha value is -2.34.